The minimum atomic E-state index is 0.106. The quantitative estimate of drug-likeness (QED) is 0.755. The van der Waals surface area contributed by atoms with E-state index < -0.39 is 0 Å². The van der Waals surface area contributed by atoms with Crippen LogP contribution in [0.5, 0.6) is 0 Å². The minimum Gasteiger partial charge on any atom is -0.336 e. The van der Waals surface area contributed by atoms with Gasteiger partial charge in [-0.05, 0) is 31.5 Å². The molecule has 0 radical (unpaired) electrons. The normalized spacial score (nSPS) is 19.6. The molecule has 5 rings (SSSR count). The molecule has 1 aromatic carbocycles. The van der Waals surface area contributed by atoms with E-state index in [2.05, 4.69) is 15.3 Å². The molecule has 0 spiro atoms. The Hall–Kier alpha value is -2.80. The Morgan fingerprint density at radius 1 is 1.25 bits per heavy atom. The van der Waals surface area contributed by atoms with Crippen molar-refractivity contribution in [3.8, 4) is 0 Å². The van der Waals surface area contributed by atoms with Gasteiger partial charge in [-0.25, -0.2) is 15.0 Å². The molecule has 2 aliphatic heterocycles. The Labute approximate surface area is 163 Å². The number of imidazole rings is 1. The first kappa shape index (κ1) is 17.3. The largest absolute Gasteiger partial charge is 0.336 e. The van der Waals surface area contributed by atoms with E-state index in [1.807, 2.05) is 39.9 Å². The van der Waals surface area contributed by atoms with Gasteiger partial charge >= 0.3 is 0 Å². The van der Waals surface area contributed by atoms with Crippen LogP contribution in [-0.4, -0.2) is 50.0 Å². The lowest BCUT2D eigenvalue weighted by atomic mass is 9.98. The number of nitrogens with zero attached hydrogens (tertiary/aromatic N) is 5. The first-order valence-corrected chi connectivity index (χ1v) is 10.0. The molecular weight excluding hydrogens is 352 g/mol. The molecule has 7 heteroatoms. The van der Waals surface area contributed by atoms with E-state index in [4.69, 9.17) is 4.98 Å². The maximum absolute atomic E-state index is 12.9. The monoisotopic (exact) mass is 376 g/mol. The van der Waals surface area contributed by atoms with Crippen LogP contribution in [0.2, 0.25) is 0 Å². The van der Waals surface area contributed by atoms with Gasteiger partial charge in [-0.2, -0.15) is 0 Å². The highest BCUT2D eigenvalue weighted by atomic mass is 16.2. The number of amides is 1. The number of benzene rings is 1. The Morgan fingerprint density at radius 3 is 3.07 bits per heavy atom. The van der Waals surface area contributed by atoms with Crippen molar-refractivity contribution in [1.82, 2.24) is 29.7 Å². The van der Waals surface area contributed by atoms with Crippen molar-refractivity contribution in [3.63, 3.8) is 0 Å². The average molecular weight is 376 g/mol. The van der Waals surface area contributed by atoms with Crippen molar-refractivity contribution in [2.24, 2.45) is 0 Å². The number of fused-ring (bicyclic) bond motifs is 2. The van der Waals surface area contributed by atoms with E-state index in [0.29, 0.717) is 25.6 Å². The molecule has 0 aliphatic carbocycles. The van der Waals surface area contributed by atoms with E-state index >= 15 is 0 Å². The van der Waals surface area contributed by atoms with E-state index in [1.54, 1.807) is 6.33 Å². The molecule has 7 nitrogen and oxygen atoms in total. The van der Waals surface area contributed by atoms with Gasteiger partial charge in [-0.1, -0.05) is 12.1 Å². The van der Waals surface area contributed by atoms with Crippen LogP contribution in [0.25, 0.3) is 11.0 Å². The van der Waals surface area contributed by atoms with Crippen molar-refractivity contribution < 1.29 is 4.79 Å². The lowest BCUT2D eigenvalue weighted by Gasteiger charge is -2.29. The summed E-state index contributed by atoms with van der Waals surface area (Å²) in [6.45, 7) is 3.65. The van der Waals surface area contributed by atoms with E-state index in [9.17, 15) is 4.79 Å². The second-order valence-corrected chi connectivity index (χ2v) is 7.67. The summed E-state index contributed by atoms with van der Waals surface area (Å²) < 4.78 is 1.92. The molecule has 2 aromatic heterocycles. The molecule has 4 heterocycles. The van der Waals surface area contributed by atoms with Crippen molar-refractivity contribution in [1.29, 1.82) is 0 Å². The number of hydrogen-bond acceptors (Lipinski definition) is 5. The van der Waals surface area contributed by atoms with Crippen LogP contribution in [0.3, 0.4) is 0 Å². The Bertz CT molecular complexity index is 1010. The standard InChI is InChI=1S/C21H24N6O/c28-20(13-27-14-24-18-5-1-2-6-19(18)27)26-9-7-17-16(12-26)11-23-21(25-17)15-4-3-8-22-10-15/h1-2,5-6,11,14-15,22H,3-4,7-10,12-13H2/t15-/m1/s1. The van der Waals surface area contributed by atoms with Gasteiger partial charge in [0.2, 0.25) is 5.91 Å². The fraction of sp³-hybridized carbons (Fsp3) is 0.429. The topological polar surface area (TPSA) is 75.9 Å². The van der Waals surface area contributed by atoms with Gasteiger partial charge in [-0.15, -0.1) is 0 Å². The summed E-state index contributed by atoms with van der Waals surface area (Å²) in [5.74, 6) is 1.47. The van der Waals surface area contributed by atoms with Gasteiger partial charge in [0.05, 0.1) is 23.1 Å². The van der Waals surface area contributed by atoms with Crippen molar-refractivity contribution in [2.45, 2.75) is 38.3 Å². The van der Waals surface area contributed by atoms with Crippen LogP contribution in [-0.2, 0) is 24.3 Å². The maximum Gasteiger partial charge on any atom is 0.242 e. The molecule has 28 heavy (non-hydrogen) atoms. The average Bonchev–Trinajstić information content (AvgIpc) is 3.16. The number of carbonyl (C=O) groups excluding carboxylic acids is 1. The summed E-state index contributed by atoms with van der Waals surface area (Å²) in [4.78, 5) is 28.6. The van der Waals surface area contributed by atoms with Crippen LogP contribution >= 0.6 is 0 Å². The molecule has 0 unspecified atom stereocenters. The third-order valence-electron chi connectivity index (χ3n) is 5.80. The van der Waals surface area contributed by atoms with Crippen molar-refractivity contribution in [3.05, 3.63) is 53.9 Å². The summed E-state index contributed by atoms with van der Waals surface area (Å²) in [6.07, 6.45) is 6.79. The van der Waals surface area contributed by atoms with E-state index in [0.717, 1.165) is 54.0 Å². The molecule has 2 aliphatic rings. The summed E-state index contributed by atoms with van der Waals surface area (Å²) in [5.41, 5.74) is 4.08. The highest BCUT2D eigenvalue weighted by Crippen LogP contribution is 2.23. The van der Waals surface area contributed by atoms with Crippen molar-refractivity contribution in [2.75, 3.05) is 19.6 Å². The van der Waals surface area contributed by atoms with E-state index in [1.165, 1.54) is 6.42 Å². The van der Waals surface area contributed by atoms with Crippen LogP contribution in [0, 0.1) is 0 Å². The molecule has 0 saturated carbocycles. The summed E-state index contributed by atoms with van der Waals surface area (Å²) in [7, 11) is 0. The number of carbonyl (C=O) groups is 1. The third-order valence-corrected chi connectivity index (χ3v) is 5.80. The maximum atomic E-state index is 12.9. The Morgan fingerprint density at radius 2 is 2.18 bits per heavy atom. The van der Waals surface area contributed by atoms with Gasteiger partial charge < -0.3 is 14.8 Å². The number of aromatic nitrogens is 4. The molecule has 0 bridgehead atoms. The number of hydrogen-bond donors (Lipinski definition) is 1. The fourth-order valence-corrected chi connectivity index (χ4v) is 4.20. The molecule has 1 fully saturated rings. The molecular formula is C21H24N6O. The SMILES string of the molecule is O=C(Cn1cnc2ccccc21)N1CCc2nc([C@@H]3CCCNC3)ncc2C1. The molecule has 3 aromatic rings. The van der Waals surface area contributed by atoms with Gasteiger partial charge in [0.1, 0.15) is 12.4 Å². The Balaban J connectivity index is 1.29. The number of piperidine rings is 1. The number of rotatable bonds is 3. The van der Waals surface area contributed by atoms with Crippen molar-refractivity contribution >= 4 is 16.9 Å². The lowest BCUT2D eigenvalue weighted by molar-refractivity contribution is -0.132. The van der Waals surface area contributed by atoms with Crippen LogP contribution in [0.1, 0.15) is 35.8 Å². The second-order valence-electron chi connectivity index (χ2n) is 7.67. The van der Waals surface area contributed by atoms with Gasteiger partial charge in [-0.3, -0.25) is 4.79 Å². The Kier molecular flexibility index (Phi) is 4.52. The third kappa shape index (κ3) is 3.26. The predicted molar refractivity (Wildman–Crippen MR) is 106 cm³/mol. The van der Waals surface area contributed by atoms with Crippen LogP contribution in [0.4, 0.5) is 0 Å². The zero-order valence-electron chi connectivity index (χ0n) is 15.8. The minimum absolute atomic E-state index is 0.106. The number of nitrogens with one attached hydrogen (secondary N) is 1. The summed E-state index contributed by atoms with van der Waals surface area (Å²) in [6, 6.07) is 7.89. The summed E-state index contributed by atoms with van der Waals surface area (Å²) in [5, 5.41) is 3.43. The highest BCUT2D eigenvalue weighted by Gasteiger charge is 2.25. The summed E-state index contributed by atoms with van der Waals surface area (Å²) >= 11 is 0. The fourth-order valence-electron chi connectivity index (χ4n) is 4.20. The lowest BCUT2D eigenvalue weighted by Crippen LogP contribution is -2.38. The molecule has 1 N–H and O–H groups in total. The first-order valence-electron chi connectivity index (χ1n) is 10.0. The first-order chi connectivity index (χ1) is 13.8. The van der Waals surface area contributed by atoms with Crippen LogP contribution < -0.4 is 5.32 Å². The zero-order chi connectivity index (χ0) is 18.9. The molecule has 1 atom stereocenters. The van der Waals surface area contributed by atoms with E-state index in [-0.39, 0.29) is 5.91 Å². The zero-order valence-corrected chi connectivity index (χ0v) is 15.8. The molecule has 1 amide bonds. The highest BCUT2D eigenvalue weighted by molar-refractivity contribution is 5.80. The smallest absolute Gasteiger partial charge is 0.242 e. The predicted octanol–water partition coefficient (Wildman–Crippen LogP) is 1.88. The van der Waals surface area contributed by atoms with Gasteiger partial charge in [0.25, 0.3) is 0 Å². The second kappa shape index (κ2) is 7.31. The van der Waals surface area contributed by atoms with Gasteiger partial charge in [0.15, 0.2) is 0 Å². The van der Waals surface area contributed by atoms with Gasteiger partial charge in [0, 0.05) is 43.7 Å². The molecule has 1 saturated heterocycles. The molecule has 144 valence electrons. The number of para-hydroxylation sites is 2. The van der Waals surface area contributed by atoms with Crippen LogP contribution in [0.15, 0.2) is 36.8 Å².